The van der Waals surface area contributed by atoms with E-state index in [0.29, 0.717) is 30.2 Å². The van der Waals surface area contributed by atoms with Crippen molar-refractivity contribution in [3.05, 3.63) is 71.4 Å². The molecule has 0 radical (unpaired) electrons. The molecule has 1 amide bonds. The quantitative estimate of drug-likeness (QED) is 0.702. The molecule has 3 aromatic rings. The van der Waals surface area contributed by atoms with Crippen LogP contribution in [0.15, 0.2) is 59.5 Å². The SMILES string of the molecule is Cc1cc(C(=O)NCc2ccc(S(=O)(=O)N3CCCC3)cc2)nc2ccccc12. The van der Waals surface area contributed by atoms with Gasteiger partial charge in [0.1, 0.15) is 5.69 Å². The molecule has 1 saturated heterocycles. The van der Waals surface area contributed by atoms with Crippen LogP contribution in [0.2, 0.25) is 0 Å². The number of amides is 1. The molecule has 0 aliphatic carbocycles. The van der Waals surface area contributed by atoms with Gasteiger partial charge >= 0.3 is 0 Å². The summed E-state index contributed by atoms with van der Waals surface area (Å²) < 4.78 is 26.7. The van der Waals surface area contributed by atoms with E-state index in [0.717, 1.165) is 34.9 Å². The fourth-order valence-corrected chi connectivity index (χ4v) is 5.11. The Labute approximate surface area is 170 Å². The Hall–Kier alpha value is -2.77. The molecular weight excluding hydrogens is 386 g/mol. The van der Waals surface area contributed by atoms with E-state index in [1.54, 1.807) is 30.3 Å². The molecule has 0 atom stereocenters. The van der Waals surface area contributed by atoms with Crippen LogP contribution in [0, 0.1) is 6.92 Å². The number of pyridine rings is 1. The average Bonchev–Trinajstić information content (AvgIpc) is 3.28. The molecule has 150 valence electrons. The summed E-state index contributed by atoms with van der Waals surface area (Å²) in [5.74, 6) is -0.257. The summed E-state index contributed by atoms with van der Waals surface area (Å²) in [7, 11) is -3.42. The Kier molecular flexibility index (Phi) is 5.34. The molecular formula is C22H23N3O3S. The number of fused-ring (bicyclic) bond motifs is 1. The van der Waals surface area contributed by atoms with Crippen LogP contribution >= 0.6 is 0 Å². The number of aromatic nitrogens is 1. The predicted molar refractivity (Wildman–Crippen MR) is 112 cm³/mol. The second-order valence-corrected chi connectivity index (χ2v) is 9.22. The highest BCUT2D eigenvalue weighted by molar-refractivity contribution is 7.89. The zero-order valence-corrected chi connectivity index (χ0v) is 17.1. The highest BCUT2D eigenvalue weighted by Gasteiger charge is 2.26. The number of carbonyl (C=O) groups excluding carboxylic acids is 1. The van der Waals surface area contributed by atoms with Crippen molar-refractivity contribution in [2.24, 2.45) is 0 Å². The molecule has 29 heavy (non-hydrogen) atoms. The predicted octanol–water partition coefficient (Wildman–Crippen LogP) is 3.26. The van der Waals surface area contributed by atoms with Crippen LogP contribution in [0.3, 0.4) is 0 Å². The van der Waals surface area contributed by atoms with E-state index < -0.39 is 10.0 Å². The van der Waals surface area contributed by atoms with E-state index in [9.17, 15) is 13.2 Å². The Morgan fingerprint density at radius 3 is 2.48 bits per heavy atom. The molecule has 1 aromatic heterocycles. The monoisotopic (exact) mass is 409 g/mol. The van der Waals surface area contributed by atoms with Gasteiger partial charge in [0, 0.05) is 25.0 Å². The summed E-state index contributed by atoms with van der Waals surface area (Å²) in [6, 6.07) is 16.2. The van der Waals surface area contributed by atoms with Gasteiger partial charge in [0.05, 0.1) is 10.4 Å². The van der Waals surface area contributed by atoms with Gasteiger partial charge in [-0.25, -0.2) is 13.4 Å². The fourth-order valence-electron chi connectivity index (χ4n) is 3.60. The molecule has 6 nitrogen and oxygen atoms in total. The lowest BCUT2D eigenvalue weighted by molar-refractivity contribution is 0.0946. The summed E-state index contributed by atoms with van der Waals surface area (Å²) in [4.78, 5) is 17.3. The minimum Gasteiger partial charge on any atom is -0.347 e. The van der Waals surface area contributed by atoms with Gasteiger partial charge in [0.2, 0.25) is 10.0 Å². The first-order valence-corrected chi connectivity index (χ1v) is 11.1. The molecule has 1 aliphatic rings. The third-order valence-corrected chi connectivity index (χ3v) is 7.15. The molecule has 1 N–H and O–H groups in total. The van der Waals surface area contributed by atoms with Gasteiger partial charge in [0.15, 0.2) is 0 Å². The normalized spacial score (nSPS) is 14.9. The van der Waals surface area contributed by atoms with Crippen LogP contribution in [0.4, 0.5) is 0 Å². The number of benzene rings is 2. The second kappa shape index (κ2) is 7.93. The maximum Gasteiger partial charge on any atom is 0.270 e. The van der Waals surface area contributed by atoms with Crippen LogP contribution in [0.5, 0.6) is 0 Å². The molecule has 2 heterocycles. The molecule has 4 rings (SSSR count). The molecule has 0 saturated carbocycles. The lowest BCUT2D eigenvalue weighted by atomic mass is 10.1. The third kappa shape index (κ3) is 4.02. The zero-order valence-electron chi connectivity index (χ0n) is 16.3. The number of hydrogen-bond acceptors (Lipinski definition) is 4. The van der Waals surface area contributed by atoms with Gasteiger partial charge in [-0.2, -0.15) is 4.31 Å². The minimum atomic E-state index is -3.42. The topological polar surface area (TPSA) is 79.4 Å². The van der Waals surface area contributed by atoms with Crippen molar-refractivity contribution in [1.29, 1.82) is 0 Å². The average molecular weight is 410 g/mol. The van der Waals surface area contributed by atoms with Gasteiger partial charge in [-0.15, -0.1) is 0 Å². The van der Waals surface area contributed by atoms with Gasteiger partial charge in [-0.05, 0) is 55.2 Å². The molecule has 2 aromatic carbocycles. The highest BCUT2D eigenvalue weighted by atomic mass is 32.2. The number of nitrogens with zero attached hydrogens (tertiary/aromatic N) is 2. The first-order valence-electron chi connectivity index (χ1n) is 9.69. The fraction of sp³-hybridized carbons (Fsp3) is 0.273. The van der Waals surface area contributed by atoms with Crippen molar-refractivity contribution in [3.63, 3.8) is 0 Å². The largest absolute Gasteiger partial charge is 0.347 e. The summed E-state index contributed by atoms with van der Waals surface area (Å²) in [5.41, 5.74) is 2.98. The Bertz CT molecular complexity index is 1150. The second-order valence-electron chi connectivity index (χ2n) is 7.28. The van der Waals surface area contributed by atoms with Crippen molar-refractivity contribution in [2.75, 3.05) is 13.1 Å². The lowest BCUT2D eigenvalue weighted by Gasteiger charge is -2.15. The number of aryl methyl sites for hydroxylation is 1. The zero-order chi connectivity index (χ0) is 20.4. The summed E-state index contributed by atoms with van der Waals surface area (Å²) >= 11 is 0. The van der Waals surface area contributed by atoms with Gasteiger partial charge < -0.3 is 5.32 Å². The van der Waals surface area contributed by atoms with Crippen LogP contribution in [-0.2, 0) is 16.6 Å². The Morgan fingerprint density at radius 2 is 1.76 bits per heavy atom. The molecule has 0 unspecified atom stereocenters. The van der Waals surface area contributed by atoms with E-state index in [-0.39, 0.29) is 5.91 Å². The minimum absolute atomic E-state index is 0.257. The maximum absolute atomic E-state index is 12.6. The van der Waals surface area contributed by atoms with E-state index in [4.69, 9.17) is 0 Å². The smallest absolute Gasteiger partial charge is 0.270 e. The van der Waals surface area contributed by atoms with Crippen molar-refractivity contribution in [2.45, 2.75) is 31.2 Å². The number of para-hydroxylation sites is 1. The molecule has 0 bridgehead atoms. The lowest BCUT2D eigenvalue weighted by Crippen LogP contribution is -2.28. The van der Waals surface area contributed by atoms with Crippen LogP contribution < -0.4 is 5.32 Å². The van der Waals surface area contributed by atoms with Crippen molar-refractivity contribution in [1.82, 2.24) is 14.6 Å². The van der Waals surface area contributed by atoms with Crippen LogP contribution in [0.1, 0.15) is 34.5 Å². The van der Waals surface area contributed by atoms with Gasteiger partial charge in [-0.3, -0.25) is 4.79 Å². The molecule has 0 spiro atoms. The molecule has 1 fully saturated rings. The van der Waals surface area contributed by atoms with E-state index >= 15 is 0 Å². The first kappa shape index (κ1) is 19.5. The number of hydrogen-bond donors (Lipinski definition) is 1. The molecule has 1 aliphatic heterocycles. The maximum atomic E-state index is 12.6. The van der Waals surface area contributed by atoms with E-state index in [2.05, 4.69) is 10.3 Å². The van der Waals surface area contributed by atoms with Crippen molar-refractivity contribution < 1.29 is 13.2 Å². The summed E-state index contributed by atoms with van der Waals surface area (Å²) in [6.07, 6.45) is 1.82. The summed E-state index contributed by atoms with van der Waals surface area (Å²) in [5, 5.41) is 3.89. The number of rotatable bonds is 5. The van der Waals surface area contributed by atoms with Gasteiger partial charge in [-0.1, -0.05) is 30.3 Å². The van der Waals surface area contributed by atoms with E-state index in [1.165, 1.54) is 4.31 Å². The Balaban J connectivity index is 1.44. The van der Waals surface area contributed by atoms with E-state index in [1.807, 2.05) is 31.2 Å². The highest BCUT2D eigenvalue weighted by Crippen LogP contribution is 2.21. The Morgan fingerprint density at radius 1 is 1.07 bits per heavy atom. The van der Waals surface area contributed by atoms with Crippen LogP contribution in [0.25, 0.3) is 10.9 Å². The van der Waals surface area contributed by atoms with Gasteiger partial charge in [0.25, 0.3) is 5.91 Å². The third-order valence-electron chi connectivity index (χ3n) is 5.23. The van der Waals surface area contributed by atoms with Crippen molar-refractivity contribution in [3.8, 4) is 0 Å². The molecule has 7 heteroatoms. The van der Waals surface area contributed by atoms with Crippen LogP contribution in [-0.4, -0.2) is 36.7 Å². The van der Waals surface area contributed by atoms with Crippen molar-refractivity contribution >= 4 is 26.8 Å². The number of nitrogens with one attached hydrogen (secondary N) is 1. The number of sulfonamides is 1. The summed E-state index contributed by atoms with van der Waals surface area (Å²) in [6.45, 7) is 3.42. The number of carbonyl (C=O) groups is 1. The standard InChI is InChI=1S/C22H23N3O3S/c1-16-14-21(24-20-7-3-2-6-19(16)20)22(26)23-15-17-8-10-18(11-9-17)29(27,28)25-12-4-5-13-25/h2-3,6-11,14H,4-5,12-13,15H2,1H3,(H,23,26). The first-order chi connectivity index (χ1) is 13.9.